The van der Waals surface area contributed by atoms with Gasteiger partial charge in [-0.1, -0.05) is 24.3 Å². The van der Waals surface area contributed by atoms with Crippen LogP contribution < -0.4 is 4.74 Å². The molecule has 1 aliphatic rings. The van der Waals surface area contributed by atoms with Crippen molar-refractivity contribution in [3.8, 4) is 11.5 Å². The van der Waals surface area contributed by atoms with Crippen LogP contribution in [0, 0.1) is 0 Å². The molecule has 0 bridgehead atoms. The highest BCUT2D eigenvalue weighted by molar-refractivity contribution is 6.12. The number of phenols is 1. The Balaban J connectivity index is 1.92. The number of phenolic OH excluding ortho intramolecular Hbond substituents is 1. The zero-order valence-corrected chi connectivity index (χ0v) is 12.5. The number of aliphatic imine (C=N–C) groups is 1. The first kappa shape index (κ1) is 14.8. The van der Waals surface area contributed by atoms with Gasteiger partial charge < -0.3 is 14.6 Å². The van der Waals surface area contributed by atoms with Crippen LogP contribution in [0.15, 0.2) is 59.2 Å². The molecular weight excluding hydrogens is 294 g/mol. The Hall–Kier alpha value is -3.08. The van der Waals surface area contributed by atoms with Gasteiger partial charge in [0.25, 0.3) is 0 Å². The topological polar surface area (TPSA) is 68.1 Å². The summed E-state index contributed by atoms with van der Waals surface area (Å²) < 4.78 is 10.5. The zero-order chi connectivity index (χ0) is 16.2. The fourth-order valence-electron chi connectivity index (χ4n) is 2.16. The Morgan fingerprint density at radius 3 is 2.74 bits per heavy atom. The molecule has 0 fully saturated rings. The lowest BCUT2D eigenvalue weighted by Crippen LogP contribution is -2.04. The molecule has 2 aromatic rings. The van der Waals surface area contributed by atoms with Crippen LogP contribution in [0.3, 0.4) is 0 Å². The van der Waals surface area contributed by atoms with Gasteiger partial charge in [0.2, 0.25) is 5.90 Å². The van der Waals surface area contributed by atoms with Crippen LogP contribution in [-0.4, -0.2) is 23.6 Å². The molecule has 3 rings (SSSR count). The second kappa shape index (κ2) is 6.36. The molecule has 0 atom stereocenters. The Morgan fingerprint density at radius 1 is 1.22 bits per heavy atom. The number of carbonyl (C=O) groups excluding carboxylic acids is 1. The van der Waals surface area contributed by atoms with Gasteiger partial charge in [0, 0.05) is 5.56 Å². The first-order chi connectivity index (χ1) is 11.2. The number of ether oxygens (including phenoxy) is 2. The summed E-state index contributed by atoms with van der Waals surface area (Å²) in [6, 6.07) is 14.1. The maximum absolute atomic E-state index is 12.0. The summed E-state index contributed by atoms with van der Waals surface area (Å²) in [5.74, 6) is 0.192. The van der Waals surface area contributed by atoms with E-state index in [0.29, 0.717) is 17.9 Å². The van der Waals surface area contributed by atoms with E-state index < -0.39 is 5.97 Å². The fourth-order valence-corrected chi connectivity index (χ4v) is 2.16. The minimum atomic E-state index is -0.505. The smallest absolute Gasteiger partial charge is 0.363 e. The Labute approximate surface area is 133 Å². The van der Waals surface area contributed by atoms with Gasteiger partial charge in [-0.3, -0.25) is 0 Å². The number of hydrogen-bond acceptors (Lipinski definition) is 5. The number of carbonyl (C=O) groups is 1. The van der Waals surface area contributed by atoms with Crippen LogP contribution in [0.5, 0.6) is 11.5 Å². The molecule has 2 aromatic carbocycles. The van der Waals surface area contributed by atoms with E-state index in [4.69, 9.17) is 9.47 Å². The maximum atomic E-state index is 12.0. The highest BCUT2D eigenvalue weighted by atomic mass is 16.6. The van der Waals surface area contributed by atoms with Crippen molar-refractivity contribution in [3.05, 3.63) is 65.4 Å². The van der Waals surface area contributed by atoms with E-state index in [9.17, 15) is 9.90 Å². The summed E-state index contributed by atoms with van der Waals surface area (Å²) in [4.78, 5) is 16.2. The molecule has 1 N–H and O–H groups in total. The SMILES string of the molecule is CCOc1cc(/C=C2\N=C(c3ccccc3)OC2=O)ccc1O. The van der Waals surface area contributed by atoms with Crippen molar-refractivity contribution in [2.45, 2.75) is 6.92 Å². The Bertz CT molecular complexity index is 794. The van der Waals surface area contributed by atoms with Crippen molar-refractivity contribution in [3.63, 3.8) is 0 Å². The van der Waals surface area contributed by atoms with Gasteiger partial charge in [-0.2, -0.15) is 0 Å². The molecule has 23 heavy (non-hydrogen) atoms. The highest BCUT2D eigenvalue weighted by Crippen LogP contribution is 2.28. The molecule has 0 radical (unpaired) electrons. The summed E-state index contributed by atoms with van der Waals surface area (Å²) in [7, 11) is 0. The molecule has 5 heteroatoms. The normalized spacial score (nSPS) is 15.4. The van der Waals surface area contributed by atoms with E-state index in [-0.39, 0.29) is 17.3 Å². The molecule has 0 aromatic heterocycles. The van der Waals surface area contributed by atoms with Crippen molar-refractivity contribution >= 4 is 17.9 Å². The number of hydrogen-bond donors (Lipinski definition) is 1. The largest absolute Gasteiger partial charge is 0.504 e. The van der Waals surface area contributed by atoms with E-state index in [2.05, 4.69) is 4.99 Å². The lowest BCUT2D eigenvalue weighted by molar-refractivity contribution is -0.129. The number of nitrogens with zero attached hydrogens (tertiary/aromatic N) is 1. The molecule has 0 spiro atoms. The lowest BCUT2D eigenvalue weighted by Gasteiger charge is -2.06. The Kier molecular flexibility index (Phi) is 4.10. The van der Waals surface area contributed by atoms with Gasteiger partial charge >= 0.3 is 5.97 Å². The van der Waals surface area contributed by atoms with Crippen molar-refractivity contribution in [2.24, 2.45) is 4.99 Å². The van der Waals surface area contributed by atoms with E-state index in [0.717, 1.165) is 5.56 Å². The van der Waals surface area contributed by atoms with Crippen molar-refractivity contribution in [1.29, 1.82) is 0 Å². The number of aromatic hydroxyl groups is 1. The predicted octanol–water partition coefficient (Wildman–Crippen LogP) is 3.14. The molecule has 0 saturated heterocycles. The third-order valence-corrected chi connectivity index (χ3v) is 3.23. The van der Waals surface area contributed by atoms with E-state index in [1.54, 1.807) is 18.2 Å². The summed E-state index contributed by atoms with van der Waals surface area (Å²) >= 11 is 0. The summed E-state index contributed by atoms with van der Waals surface area (Å²) in [5.41, 5.74) is 1.64. The van der Waals surface area contributed by atoms with Crippen LogP contribution in [0.2, 0.25) is 0 Å². The van der Waals surface area contributed by atoms with Gasteiger partial charge in [0.15, 0.2) is 17.2 Å². The molecule has 1 aliphatic heterocycles. The average Bonchev–Trinajstić information content (AvgIpc) is 2.93. The number of rotatable bonds is 4. The maximum Gasteiger partial charge on any atom is 0.363 e. The van der Waals surface area contributed by atoms with Crippen molar-refractivity contribution in [1.82, 2.24) is 0 Å². The highest BCUT2D eigenvalue weighted by Gasteiger charge is 2.24. The first-order valence-corrected chi connectivity index (χ1v) is 7.21. The molecule has 5 nitrogen and oxygen atoms in total. The van der Waals surface area contributed by atoms with Crippen molar-refractivity contribution < 1.29 is 19.4 Å². The summed E-state index contributed by atoms with van der Waals surface area (Å²) in [6.07, 6.45) is 1.60. The molecule has 0 unspecified atom stereocenters. The average molecular weight is 309 g/mol. The van der Waals surface area contributed by atoms with Gasteiger partial charge in [0.1, 0.15) is 0 Å². The number of cyclic esters (lactones) is 1. The quantitative estimate of drug-likeness (QED) is 0.696. The van der Waals surface area contributed by atoms with Crippen molar-refractivity contribution in [2.75, 3.05) is 6.61 Å². The van der Waals surface area contributed by atoms with Gasteiger partial charge in [0.05, 0.1) is 6.61 Å². The van der Waals surface area contributed by atoms with Crippen LogP contribution in [-0.2, 0) is 9.53 Å². The molecule has 1 heterocycles. The van der Waals surface area contributed by atoms with Gasteiger partial charge in [-0.25, -0.2) is 9.79 Å². The van der Waals surface area contributed by atoms with Gasteiger partial charge in [-0.05, 0) is 42.8 Å². The zero-order valence-electron chi connectivity index (χ0n) is 12.5. The third kappa shape index (κ3) is 3.23. The molecule has 0 aliphatic carbocycles. The second-order valence-corrected chi connectivity index (χ2v) is 4.86. The van der Waals surface area contributed by atoms with Crippen LogP contribution >= 0.6 is 0 Å². The van der Waals surface area contributed by atoms with E-state index >= 15 is 0 Å². The van der Waals surface area contributed by atoms with E-state index in [1.807, 2.05) is 37.3 Å². The monoisotopic (exact) mass is 309 g/mol. The fraction of sp³-hybridized carbons (Fsp3) is 0.111. The number of benzene rings is 2. The Morgan fingerprint density at radius 2 is 2.00 bits per heavy atom. The molecular formula is C18H15NO4. The standard InChI is InChI=1S/C18H15NO4/c1-2-22-16-11-12(8-9-15(16)20)10-14-18(21)23-17(19-14)13-6-4-3-5-7-13/h3-11,20H,2H2,1H3/b14-10-. The van der Waals surface area contributed by atoms with Gasteiger partial charge in [-0.15, -0.1) is 0 Å². The van der Waals surface area contributed by atoms with Crippen LogP contribution in [0.1, 0.15) is 18.1 Å². The summed E-state index contributed by atoms with van der Waals surface area (Å²) in [5, 5.41) is 9.70. The first-order valence-electron chi connectivity index (χ1n) is 7.21. The third-order valence-electron chi connectivity index (χ3n) is 3.23. The molecule has 0 amide bonds. The molecule has 0 saturated carbocycles. The minimum absolute atomic E-state index is 0.0523. The molecule has 116 valence electrons. The lowest BCUT2D eigenvalue weighted by atomic mass is 10.1. The minimum Gasteiger partial charge on any atom is -0.504 e. The number of esters is 1. The second-order valence-electron chi connectivity index (χ2n) is 4.86. The summed E-state index contributed by atoms with van der Waals surface area (Å²) in [6.45, 7) is 2.27. The van der Waals surface area contributed by atoms with Crippen LogP contribution in [0.4, 0.5) is 0 Å². The predicted molar refractivity (Wildman–Crippen MR) is 86.3 cm³/mol. The van der Waals surface area contributed by atoms with Crippen LogP contribution in [0.25, 0.3) is 6.08 Å². The van der Waals surface area contributed by atoms with E-state index in [1.165, 1.54) is 6.07 Å².